The Morgan fingerprint density at radius 1 is 1.35 bits per heavy atom. The molecule has 1 amide bonds. The highest BCUT2D eigenvalue weighted by atomic mass is 35.5. The van der Waals surface area contributed by atoms with E-state index >= 15 is 0 Å². The summed E-state index contributed by atoms with van der Waals surface area (Å²) in [6.07, 6.45) is 0.886. The maximum Gasteiger partial charge on any atom is 0.234 e. The minimum absolute atomic E-state index is 0.0183. The molecular formula is C15H22Cl2N2O. The van der Waals surface area contributed by atoms with Gasteiger partial charge in [0.1, 0.15) is 0 Å². The Hall–Kier alpha value is -0.770. The number of nitrogens with one attached hydrogen (secondary N) is 2. The summed E-state index contributed by atoms with van der Waals surface area (Å²) in [5.74, 6) is -0.0196. The zero-order valence-corrected chi connectivity index (χ0v) is 13.9. The molecular weight excluding hydrogens is 295 g/mol. The summed E-state index contributed by atoms with van der Waals surface area (Å²) >= 11 is 12.0. The molecule has 1 rings (SSSR count). The van der Waals surface area contributed by atoms with Crippen molar-refractivity contribution in [3.63, 3.8) is 0 Å². The Morgan fingerprint density at radius 3 is 2.55 bits per heavy atom. The van der Waals surface area contributed by atoms with E-state index in [1.165, 1.54) is 0 Å². The Labute approximate surface area is 131 Å². The first-order valence-electron chi connectivity index (χ1n) is 6.74. The largest absolute Gasteiger partial charge is 0.350 e. The van der Waals surface area contributed by atoms with Crippen LogP contribution in [0, 0.1) is 0 Å². The van der Waals surface area contributed by atoms with Gasteiger partial charge in [-0.25, -0.2) is 0 Å². The number of carbonyl (C=O) groups excluding carboxylic acids is 1. The lowest BCUT2D eigenvalue weighted by Crippen LogP contribution is -2.46. The third-order valence-corrected chi connectivity index (χ3v) is 3.92. The standard InChI is InChI=1S/C15H22Cl2N2O/c1-5-15(3,4)19-14(20)9-18-10(2)12-7-6-11(16)8-13(12)17/h6-8,10,18H,5,9H2,1-4H3,(H,19,20). The van der Waals surface area contributed by atoms with Gasteiger partial charge in [-0.05, 0) is 44.9 Å². The molecule has 0 fully saturated rings. The predicted octanol–water partition coefficient (Wildman–Crippen LogP) is 3.95. The Kier molecular flexibility index (Phi) is 6.31. The van der Waals surface area contributed by atoms with Crippen molar-refractivity contribution in [1.82, 2.24) is 10.6 Å². The lowest BCUT2D eigenvalue weighted by Gasteiger charge is -2.25. The van der Waals surface area contributed by atoms with Crippen molar-refractivity contribution in [2.75, 3.05) is 6.54 Å². The van der Waals surface area contributed by atoms with Gasteiger partial charge in [0.15, 0.2) is 0 Å². The van der Waals surface area contributed by atoms with Crippen molar-refractivity contribution in [3.05, 3.63) is 33.8 Å². The molecule has 1 atom stereocenters. The molecule has 5 heteroatoms. The molecule has 0 bridgehead atoms. The summed E-state index contributed by atoms with van der Waals surface area (Å²) in [6, 6.07) is 5.35. The molecule has 112 valence electrons. The second-order valence-corrected chi connectivity index (χ2v) is 6.40. The van der Waals surface area contributed by atoms with E-state index < -0.39 is 0 Å². The number of hydrogen-bond donors (Lipinski definition) is 2. The van der Waals surface area contributed by atoms with Crippen molar-refractivity contribution >= 4 is 29.1 Å². The van der Waals surface area contributed by atoms with Crippen LogP contribution < -0.4 is 10.6 Å². The number of rotatable bonds is 6. The zero-order chi connectivity index (χ0) is 15.3. The lowest BCUT2D eigenvalue weighted by molar-refractivity contribution is -0.122. The SMILES string of the molecule is CCC(C)(C)NC(=O)CNC(C)c1ccc(Cl)cc1Cl. The van der Waals surface area contributed by atoms with Crippen LogP contribution in [0.2, 0.25) is 10.0 Å². The van der Waals surface area contributed by atoms with Crippen LogP contribution in [-0.4, -0.2) is 18.0 Å². The van der Waals surface area contributed by atoms with Crippen LogP contribution in [0.3, 0.4) is 0 Å². The first-order chi connectivity index (χ1) is 9.25. The van der Waals surface area contributed by atoms with Crippen LogP contribution >= 0.6 is 23.2 Å². The lowest BCUT2D eigenvalue weighted by atomic mass is 10.0. The molecule has 0 heterocycles. The summed E-state index contributed by atoms with van der Waals surface area (Å²) in [4.78, 5) is 11.9. The smallest absolute Gasteiger partial charge is 0.234 e. The van der Waals surface area contributed by atoms with Gasteiger partial charge in [0.05, 0.1) is 6.54 Å². The Bertz CT molecular complexity index is 475. The van der Waals surface area contributed by atoms with Gasteiger partial charge >= 0.3 is 0 Å². The molecule has 0 saturated heterocycles. The average molecular weight is 317 g/mol. The molecule has 1 aromatic carbocycles. The van der Waals surface area contributed by atoms with E-state index in [2.05, 4.69) is 10.6 Å². The monoisotopic (exact) mass is 316 g/mol. The normalized spacial score (nSPS) is 13.1. The van der Waals surface area contributed by atoms with Gasteiger partial charge in [-0.2, -0.15) is 0 Å². The van der Waals surface area contributed by atoms with Gasteiger partial charge in [-0.1, -0.05) is 36.2 Å². The number of amides is 1. The van der Waals surface area contributed by atoms with Gasteiger partial charge in [-0.15, -0.1) is 0 Å². The molecule has 0 spiro atoms. The van der Waals surface area contributed by atoms with Gasteiger partial charge in [0.2, 0.25) is 5.91 Å². The molecule has 1 aromatic rings. The average Bonchev–Trinajstić information content (AvgIpc) is 2.35. The summed E-state index contributed by atoms with van der Waals surface area (Å²) in [7, 11) is 0. The molecule has 0 aromatic heterocycles. The Balaban J connectivity index is 2.55. The van der Waals surface area contributed by atoms with E-state index in [9.17, 15) is 4.79 Å². The van der Waals surface area contributed by atoms with Crippen LogP contribution in [0.1, 0.15) is 45.7 Å². The van der Waals surface area contributed by atoms with Gasteiger partial charge < -0.3 is 10.6 Å². The van der Waals surface area contributed by atoms with Crippen molar-refractivity contribution in [2.45, 2.75) is 45.7 Å². The summed E-state index contributed by atoms with van der Waals surface area (Å²) < 4.78 is 0. The fourth-order valence-corrected chi connectivity index (χ4v) is 2.29. The molecule has 1 unspecified atom stereocenters. The first-order valence-corrected chi connectivity index (χ1v) is 7.50. The molecule has 0 aliphatic carbocycles. The maximum atomic E-state index is 11.9. The van der Waals surface area contributed by atoms with Crippen LogP contribution in [0.15, 0.2) is 18.2 Å². The number of benzene rings is 1. The topological polar surface area (TPSA) is 41.1 Å². The van der Waals surface area contributed by atoms with Crippen LogP contribution in [0.4, 0.5) is 0 Å². The second-order valence-electron chi connectivity index (χ2n) is 5.55. The highest BCUT2D eigenvalue weighted by Crippen LogP contribution is 2.25. The third kappa shape index (κ3) is 5.31. The fourth-order valence-electron chi connectivity index (χ4n) is 1.72. The first kappa shape index (κ1) is 17.3. The molecule has 0 saturated carbocycles. The number of carbonyl (C=O) groups is 1. The highest BCUT2D eigenvalue weighted by Gasteiger charge is 2.18. The molecule has 3 nitrogen and oxygen atoms in total. The summed E-state index contributed by atoms with van der Waals surface area (Å²) in [5.41, 5.74) is 0.749. The summed E-state index contributed by atoms with van der Waals surface area (Å²) in [5, 5.41) is 7.36. The van der Waals surface area contributed by atoms with E-state index in [1.807, 2.05) is 33.8 Å². The second kappa shape index (κ2) is 7.30. The molecule has 0 radical (unpaired) electrons. The number of hydrogen-bond acceptors (Lipinski definition) is 2. The predicted molar refractivity (Wildman–Crippen MR) is 85.4 cm³/mol. The zero-order valence-electron chi connectivity index (χ0n) is 12.4. The summed E-state index contributed by atoms with van der Waals surface area (Å²) in [6.45, 7) is 8.27. The van der Waals surface area contributed by atoms with Crippen molar-refractivity contribution in [2.24, 2.45) is 0 Å². The number of halogens is 2. The van der Waals surface area contributed by atoms with Gasteiger partial charge in [0.25, 0.3) is 0 Å². The molecule has 20 heavy (non-hydrogen) atoms. The minimum Gasteiger partial charge on any atom is -0.350 e. The van der Waals surface area contributed by atoms with Crippen molar-refractivity contribution in [1.29, 1.82) is 0 Å². The molecule has 0 aliphatic heterocycles. The van der Waals surface area contributed by atoms with Crippen molar-refractivity contribution in [3.8, 4) is 0 Å². The Morgan fingerprint density at radius 2 is 2.00 bits per heavy atom. The maximum absolute atomic E-state index is 11.9. The third-order valence-electron chi connectivity index (χ3n) is 3.36. The molecule has 2 N–H and O–H groups in total. The molecule has 0 aliphatic rings. The van der Waals surface area contributed by atoms with E-state index in [0.717, 1.165) is 12.0 Å². The van der Waals surface area contributed by atoms with Crippen LogP contribution in [0.5, 0.6) is 0 Å². The van der Waals surface area contributed by atoms with E-state index in [-0.39, 0.29) is 24.0 Å². The van der Waals surface area contributed by atoms with Gasteiger partial charge in [0, 0.05) is 21.6 Å². The fraction of sp³-hybridized carbons (Fsp3) is 0.533. The van der Waals surface area contributed by atoms with Crippen molar-refractivity contribution < 1.29 is 4.79 Å². The minimum atomic E-state index is -0.181. The highest BCUT2D eigenvalue weighted by molar-refractivity contribution is 6.35. The van der Waals surface area contributed by atoms with E-state index in [0.29, 0.717) is 10.0 Å². The van der Waals surface area contributed by atoms with E-state index in [4.69, 9.17) is 23.2 Å². The quantitative estimate of drug-likeness (QED) is 0.834. The van der Waals surface area contributed by atoms with Crippen LogP contribution in [-0.2, 0) is 4.79 Å². The van der Waals surface area contributed by atoms with E-state index in [1.54, 1.807) is 12.1 Å². The van der Waals surface area contributed by atoms with Crippen LogP contribution in [0.25, 0.3) is 0 Å². The van der Waals surface area contributed by atoms with Gasteiger partial charge in [-0.3, -0.25) is 4.79 Å².